The van der Waals surface area contributed by atoms with Gasteiger partial charge in [-0.3, -0.25) is 4.79 Å². The van der Waals surface area contributed by atoms with Gasteiger partial charge in [0.1, 0.15) is 17.3 Å². The molecule has 2 aliphatic rings. The Labute approximate surface area is 190 Å². The monoisotopic (exact) mass is 446 g/mol. The van der Waals surface area contributed by atoms with Crippen molar-refractivity contribution in [1.82, 2.24) is 4.98 Å². The lowest BCUT2D eigenvalue weighted by molar-refractivity contribution is -0.120. The molecule has 2 aliphatic heterocycles. The number of aliphatic imine (C=N–C) groups is 1. The van der Waals surface area contributed by atoms with E-state index in [1.807, 2.05) is 62.4 Å². The SMILES string of the molecule is CC(C)Oc1ccc2c(c1)C(c1ccnc(NSc3ccc4c(c3)N(C)C(=O)CO4)c1)=N2. The predicted molar refractivity (Wildman–Crippen MR) is 127 cm³/mol. The van der Waals surface area contributed by atoms with Crippen LogP contribution in [-0.4, -0.2) is 36.4 Å². The molecule has 2 aromatic carbocycles. The van der Waals surface area contributed by atoms with Gasteiger partial charge in [-0.2, -0.15) is 0 Å². The van der Waals surface area contributed by atoms with E-state index >= 15 is 0 Å². The summed E-state index contributed by atoms with van der Waals surface area (Å²) in [7, 11) is 1.76. The van der Waals surface area contributed by atoms with Crippen molar-refractivity contribution in [1.29, 1.82) is 0 Å². The zero-order chi connectivity index (χ0) is 22.2. The van der Waals surface area contributed by atoms with Gasteiger partial charge in [-0.15, -0.1) is 0 Å². The van der Waals surface area contributed by atoms with Crippen LogP contribution in [-0.2, 0) is 4.79 Å². The van der Waals surface area contributed by atoms with E-state index in [1.165, 1.54) is 11.9 Å². The number of anilines is 2. The van der Waals surface area contributed by atoms with E-state index in [-0.39, 0.29) is 18.6 Å². The fourth-order valence-electron chi connectivity index (χ4n) is 3.56. The summed E-state index contributed by atoms with van der Waals surface area (Å²) in [6, 6.07) is 15.6. The fraction of sp³-hybridized carbons (Fsp3) is 0.208. The van der Waals surface area contributed by atoms with Crippen LogP contribution in [0.3, 0.4) is 0 Å². The van der Waals surface area contributed by atoms with Gasteiger partial charge in [-0.05, 0) is 74.3 Å². The van der Waals surface area contributed by atoms with Crippen molar-refractivity contribution in [2.45, 2.75) is 24.8 Å². The Morgan fingerprint density at radius 2 is 2.03 bits per heavy atom. The summed E-state index contributed by atoms with van der Waals surface area (Å²) < 4.78 is 14.6. The van der Waals surface area contributed by atoms with Gasteiger partial charge in [-0.25, -0.2) is 9.98 Å². The Hall–Kier alpha value is -3.52. The minimum atomic E-state index is -0.0644. The third-order valence-corrected chi connectivity index (χ3v) is 5.95. The van der Waals surface area contributed by atoms with Crippen LogP contribution < -0.4 is 19.1 Å². The molecule has 8 heteroatoms. The molecule has 0 aliphatic carbocycles. The number of likely N-dealkylation sites (N-methyl/N-ethyl adjacent to an activating group) is 1. The van der Waals surface area contributed by atoms with Crippen molar-refractivity contribution in [2.24, 2.45) is 4.99 Å². The average Bonchev–Trinajstić information content (AvgIpc) is 2.77. The molecule has 5 rings (SSSR count). The normalized spacial score (nSPS) is 14.2. The van der Waals surface area contributed by atoms with Gasteiger partial charge >= 0.3 is 0 Å². The largest absolute Gasteiger partial charge is 0.491 e. The van der Waals surface area contributed by atoms with E-state index in [0.29, 0.717) is 5.75 Å². The van der Waals surface area contributed by atoms with E-state index in [9.17, 15) is 4.79 Å². The van der Waals surface area contributed by atoms with Crippen molar-refractivity contribution in [3.05, 3.63) is 65.9 Å². The third kappa shape index (κ3) is 3.89. The number of pyridine rings is 1. The smallest absolute Gasteiger partial charge is 0.264 e. The number of nitrogens with zero attached hydrogens (tertiary/aromatic N) is 3. The second-order valence-corrected chi connectivity index (χ2v) is 8.69. The molecule has 0 bridgehead atoms. The number of nitrogens with one attached hydrogen (secondary N) is 1. The van der Waals surface area contributed by atoms with Crippen LogP contribution >= 0.6 is 11.9 Å². The number of rotatable bonds is 6. The maximum atomic E-state index is 11.9. The molecule has 1 aromatic heterocycles. The summed E-state index contributed by atoms with van der Waals surface area (Å²) in [5, 5.41) is 0. The van der Waals surface area contributed by atoms with Gasteiger partial charge < -0.3 is 19.1 Å². The minimum Gasteiger partial charge on any atom is -0.491 e. The molecule has 7 nitrogen and oxygen atoms in total. The molecule has 0 spiro atoms. The predicted octanol–water partition coefficient (Wildman–Crippen LogP) is 4.83. The summed E-state index contributed by atoms with van der Waals surface area (Å²) in [5.74, 6) is 2.20. The van der Waals surface area contributed by atoms with E-state index in [2.05, 4.69) is 14.7 Å². The summed E-state index contributed by atoms with van der Waals surface area (Å²) in [6.07, 6.45) is 1.88. The van der Waals surface area contributed by atoms with Crippen molar-refractivity contribution in [3.8, 4) is 11.5 Å². The van der Waals surface area contributed by atoms with Gasteiger partial charge in [0.05, 0.1) is 23.2 Å². The van der Waals surface area contributed by atoms with Crippen LogP contribution in [0.5, 0.6) is 11.5 Å². The van der Waals surface area contributed by atoms with E-state index in [0.717, 1.165) is 44.7 Å². The Morgan fingerprint density at radius 3 is 2.88 bits per heavy atom. The number of amides is 1. The highest BCUT2D eigenvalue weighted by Gasteiger charge is 2.23. The lowest BCUT2D eigenvalue weighted by atomic mass is 9.96. The first kappa shape index (κ1) is 20.4. The van der Waals surface area contributed by atoms with Crippen molar-refractivity contribution in [2.75, 3.05) is 23.3 Å². The molecule has 1 amide bonds. The molecular formula is C24H22N4O3S. The molecule has 162 valence electrons. The van der Waals surface area contributed by atoms with Crippen LogP contribution in [0.2, 0.25) is 0 Å². The molecule has 0 unspecified atom stereocenters. The van der Waals surface area contributed by atoms with Crippen molar-refractivity contribution >= 4 is 40.8 Å². The first-order chi connectivity index (χ1) is 15.5. The van der Waals surface area contributed by atoms with Gasteiger partial charge in [0.15, 0.2) is 6.61 Å². The molecule has 3 heterocycles. The van der Waals surface area contributed by atoms with E-state index < -0.39 is 0 Å². The first-order valence-corrected chi connectivity index (χ1v) is 11.1. The van der Waals surface area contributed by atoms with Crippen LogP contribution in [0, 0.1) is 0 Å². The summed E-state index contributed by atoms with van der Waals surface area (Å²) >= 11 is 1.42. The van der Waals surface area contributed by atoms with Gasteiger partial charge in [-0.1, -0.05) is 0 Å². The summed E-state index contributed by atoms with van der Waals surface area (Å²) in [4.78, 5) is 23.5. The van der Waals surface area contributed by atoms with Crippen LogP contribution in [0.1, 0.15) is 25.0 Å². The van der Waals surface area contributed by atoms with Crippen LogP contribution in [0.15, 0.2) is 64.6 Å². The van der Waals surface area contributed by atoms with E-state index in [4.69, 9.17) is 9.47 Å². The van der Waals surface area contributed by atoms with Gasteiger partial charge in [0.25, 0.3) is 5.91 Å². The lowest BCUT2D eigenvalue weighted by Gasteiger charge is -2.26. The highest BCUT2D eigenvalue weighted by atomic mass is 32.2. The number of carbonyl (C=O) groups excluding carboxylic acids is 1. The lowest BCUT2D eigenvalue weighted by Crippen LogP contribution is -2.35. The molecule has 32 heavy (non-hydrogen) atoms. The number of hydrogen-bond donors (Lipinski definition) is 1. The second kappa shape index (κ2) is 8.20. The number of fused-ring (bicyclic) bond motifs is 2. The number of carbonyl (C=O) groups is 1. The molecule has 0 fully saturated rings. The van der Waals surface area contributed by atoms with Crippen molar-refractivity contribution in [3.63, 3.8) is 0 Å². The quantitative estimate of drug-likeness (QED) is 0.428. The Bertz CT molecular complexity index is 1240. The summed E-state index contributed by atoms with van der Waals surface area (Å²) in [5.41, 5.74) is 4.72. The Morgan fingerprint density at radius 1 is 1.16 bits per heavy atom. The molecule has 0 atom stereocenters. The van der Waals surface area contributed by atoms with E-state index in [1.54, 1.807) is 18.1 Å². The topological polar surface area (TPSA) is 76.0 Å². The average molecular weight is 447 g/mol. The van der Waals surface area contributed by atoms with Gasteiger partial charge in [0, 0.05) is 29.3 Å². The maximum absolute atomic E-state index is 11.9. The second-order valence-electron chi connectivity index (χ2n) is 7.81. The summed E-state index contributed by atoms with van der Waals surface area (Å²) in [6.45, 7) is 4.10. The number of ether oxygens (including phenoxy) is 2. The third-order valence-electron chi connectivity index (χ3n) is 5.15. The molecule has 1 N–H and O–H groups in total. The fourth-order valence-corrected chi connectivity index (χ4v) is 4.20. The van der Waals surface area contributed by atoms with Crippen molar-refractivity contribution < 1.29 is 14.3 Å². The molecule has 0 radical (unpaired) electrons. The molecular weight excluding hydrogens is 424 g/mol. The zero-order valence-electron chi connectivity index (χ0n) is 18.0. The Kier molecular flexibility index (Phi) is 5.22. The maximum Gasteiger partial charge on any atom is 0.264 e. The number of benzene rings is 2. The zero-order valence-corrected chi connectivity index (χ0v) is 18.8. The molecule has 3 aromatic rings. The highest BCUT2D eigenvalue weighted by Crippen LogP contribution is 2.37. The minimum absolute atomic E-state index is 0.0644. The number of aromatic nitrogens is 1. The molecule has 0 saturated carbocycles. The highest BCUT2D eigenvalue weighted by molar-refractivity contribution is 8.00. The van der Waals surface area contributed by atoms with Crippen LogP contribution in [0.25, 0.3) is 0 Å². The van der Waals surface area contributed by atoms with Gasteiger partial charge in [0.2, 0.25) is 0 Å². The van der Waals surface area contributed by atoms with Crippen LogP contribution in [0.4, 0.5) is 17.2 Å². The standard InChI is InChI=1S/C24H22N4O3S/c1-14(2)31-16-4-6-19-18(11-16)24(26-19)15-8-9-25-22(10-15)27-32-17-5-7-21-20(12-17)28(3)23(29)13-30-21/h4-12,14H,13H2,1-3H3,(H,25,27). The Balaban J connectivity index is 1.30. The molecule has 0 saturated heterocycles. The first-order valence-electron chi connectivity index (χ1n) is 10.3. The number of hydrogen-bond acceptors (Lipinski definition) is 7.